The van der Waals surface area contributed by atoms with Crippen molar-refractivity contribution >= 4 is 57.4 Å². The second-order valence-corrected chi connectivity index (χ2v) is 104. The van der Waals surface area contributed by atoms with Gasteiger partial charge in [-0.25, -0.2) is 0 Å². The van der Waals surface area contributed by atoms with Gasteiger partial charge in [0, 0.05) is 57.4 Å². The van der Waals surface area contributed by atoms with Crippen molar-refractivity contribution in [3.63, 3.8) is 0 Å². The molecule has 2 saturated heterocycles. The van der Waals surface area contributed by atoms with Gasteiger partial charge in [-0.1, -0.05) is 233 Å². The van der Waals surface area contributed by atoms with Crippen molar-refractivity contribution in [3.05, 3.63) is 0 Å². The molecule has 2 radical (unpaired) electrons. The Labute approximate surface area is 288 Å². The summed E-state index contributed by atoms with van der Waals surface area (Å²) in [5, 5.41) is 0. The van der Waals surface area contributed by atoms with Gasteiger partial charge in [0.1, 0.15) is 0 Å². The fourth-order valence-electron chi connectivity index (χ4n) is 17.2. The molecule has 0 amide bonds. The van der Waals surface area contributed by atoms with E-state index in [4.69, 9.17) is 0 Å². The summed E-state index contributed by atoms with van der Waals surface area (Å²) in [5.74, 6) is 0. The predicted octanol–water partition coefficient (Wildman–Crippen LogP) is 13.3. The van der Waals surface area contributed by atoms with Crippen LogP contribution in [0.25, 0.3) is 0 Å². The van der Waals surface area contributed by atoms with Crippen LogP contribution in [0.3, 0.4) is 0 Å². The molecule has 2 aliphatic heterocycles. The van der Waals surface area contributed by atoms with Crippen LogP contribution in [0.15, 0.2) is 0 Å². The van der Waals surface area contributed by atoms with Crippen molar-refractivity contribution < 1.29 is 0 Å². The third-order valence-corrected chi connectivity index (χ3v) is 237. The molecule has 260 valence electrons. The first kappa shape index (κ1) is 41.9. The Balaban J connectivity index is 3.97. The van der Waals surface area contributed by atoms with Crippen molar-refractivity contribution in [2.45, 2.75) is 233 Å². The monoisotopic (exact) mass is 740 g/mol. The minimum Gasteiger partial charge on any atom is -0.0658 e. The van der Waals surface area contributed by atoms with E-state index < -0.39 is 57.4 Å². The van der Waals surface area contributed by atoms with Crippen LogP contribution in [-0.2, 0) is 0 Å². The average molecular weight is 742 g/mol. The molecule has 0 nitrogen and oxygen atoms in total. The van der Waals surface area contributed by atoms with Gasteiger partial charge in [0.05, 0.1) is 0 Å². The van der Waals surface area contributed by atoms with Crippen molar-refractivity contribution in [2.75, 3.05) is 0 Å². The van der Waals surface area contributed by atoms with E-state index in [-0.39, 0.29) is 0 Å². The smallest absolute Gasteiger partial charge is 0.0400 e. The Morgan fingerprint density at radius 2 is 0.432 bits per heavy atom. The molecule has 0 aromatic heterocycles. The highest BCUT2D eigenvalue weighted by molar-refractivity contribution is 8.36. The number of hydrogen-bond acceptors (Lipinski definition) is 0. The molecule has 0 saturated carbocycles. The molecule has 0 aromatic rings. The molecule has 2 atom stereocenters. The lowest BCUT2D eigenvalue weighted by Gasteiger charge is -2.67. The van der Waals surface area contributed by atoms with Crippen molar-refractivity contribution in [3.8, 4) is 0 Å². The van der Waals surface area contributed by atoms with Gasteiger partial charge in [0.25, 0.3) is 0 Å². The van der Waals surface area contributed by atoms with E-state index in [2.05, 4.69) is 166 Å². The molecule has 2 fully saturated rings. The average Bonchev–Trinajstić information content (AvgIpc) is 3.21. The zero-order valence-corrected chi connectivity index (χ0v) is 42.9. The maximum Gasteiger partial charge on any atom is 0.0400 e. The summed E-state index contributed by atoms with van der Waals surface area (Å²) in [5.41, 5.74) is 11.8. The van der Waals surface area contributed by atoms with Crippen LogP contribution >= 0.6 is 0 Å². The zero-order chi connectivity index (χ0) is 35.1. The third kappa shape index (κ3) is 4.15. The Bertz CT molecular complexity index is 869. The third-order valence-electron chi connectivity index (χ3n) is 15.2. The van der Waals surface area contributed by atoms with Gasteiger partial charge in [-0.2, -0.15) is 0 Å². The van der Waals surface area contributed by atoms with Gasteiger partial charge in [-0.15, -0.1) is 0 Å². The zero-order valence-electron chi connectivity index (χ0n) is 34.9. The number of fused-ring (bicyclic) bond motifs is 1. The summed E-state index contributed by atoms with van der Waals surface area (Å²) in [4.78, 5) is 0. The summed E-state index contributed by atoms with van der Waals surface area (Å²) in [6.45, 7) is 66.2. The molecule has 0 spiro atoms. The molecule has 0 N–H and O–H groups in total. The maximum atomic E-state index is 2.98. The number of hydrogen-bond donors (Lipinski definition) is 0. The summed E-state index contributed by atoms with van der Waals surface area (Å²) >= 11 is 0. The van der Waals surface area contributed by atoms with Gasteiger partial charge in [0.15, 0.2) is 0 Å². The van der Waals surface area contributed by atoms with Gasteiger partial charge in [-0.05, 0) is 0 Å². The Hall–Kier alpha value is 1.74. The molecule has 0 unspecified atom stereocenters. The summed E-state index contributed by atoms with van der Waals surface area (Å²) in [6, 6.07) is 0. The quantitative estimate of drug-likeness (QED) is 0.175. The Morgan fingerprint density at radius 3 is 0.523 bits per heavy atom. The lowest BCUT2D eigenvalue weighted by Crippen LogP contribution is -2.88. The van der Waals surface area contributed by atoms with E-state index in [9.17, 15) is 0 Å². The van der Waals surface area contributed by atoms with Crippen molar-refractivity contribution in [1.29, 1.82) is 0 Å². The van der Waals surface area contributed by atoms with Crippen LogP contribution in [0, 0.1) is 0 Å². The largest absolute Gasteiger partial charge is 0.0658 e. The standard InChI is InChI=1S/C36H84Si8/c1-25(2)37-39(27(5)6,28(7)8)41(31(13)14,32(15)16)44(36(23)24)38(26(3)4)40(29(9)10,30(11)12)42(33(17)18,34(19)20)43(37,44)35(21)22/h25-36H,1-24H3/t43-,44+. The van der Waals surface area contributed by atoms with Crippen molar-refractivity contribution in [1.82, 2.24) is 0 Å². The van der Waals surface area contributed by atoms with Crippen molar-refractivity contribution in [2.24, 2.45) is 0 Å². The summed E-state index contributed by atoms with van der Waals surface area (Å²) < 4.78 is 0. The first-order valence-electron chi connectivity index (χ1n) is 19.6. The van der Waals surface area contributed by atoms with E-state index in [0.717, 1.165) is 66.5 Å². The molecule has 0 bridgehead atoms. The van der Waals surface area contributed by atoms with Crippen LogP contribution in [0.4, 0.5) is 0 Å². The second kappa shape index (κ2) is 13.5. The van der Waals surface area contributed by atoms with Crippen LogP contribution in [0.1, 0.15) is 166 Å². The summed E-state index contributed by atoms with van der Waals surface area (Å²) in [6.07, 6.45) is 0. The molecule has 2 rings (SSSR count). The fourth-order valence-corrected chi connectivity index (χ4v) is 514. The van der Waals surface area contributed by atoms with Gasteiger partial charge >= 0.3 is 0 Å². The van der Waals surface area contributed by atoms with Crippen LogP contribution in [0.2, 0.25) is 66.5 Å². The highest BCUT2D eigenvalue weighted by Crippen LogP contribution is 2.78. The van der Waals surface area contributed by atoms with E-state index in [1.807, 2.05) is 0 Å². The van der Waals surface area contributed by atoms with Gasteiger partial charge in [0.2, 0.25) is 0 Å². The van der Waals surface area contributed by atoms with E-state index in [1.54, 1.807) is 0 Å². The van der Waals surface area contributed by atoms with E-state index in [1.165, 1.54) is 0 Å². The van der Waals surface area contributed by atoms with Gasteiger partial charge in [-0.3, -0.25) is 0 Å². The molecular weight excluding hydrogens is 657 g/mol. The van der Waals surface area contributed by atoms with Crippen LogP contribution in [-0.4, -0.2) is 57.4 Å². The maximum absolute atomic E-state index is 2.98. The van der Waals surface area contributed by atoms with Gasteiger partial charge < -0.3 is 0 Å². The number of rotatable bonds is 12. The van der Waals surface area contributed by atoms with E-state index >= 15 is 0 Å². The topological polar surface area (TPSA) is 0 Å². The lowest BCUT2D eigenvalue weighted by molar-refractivity contribution is 0.885. The first-order valence-corrected chi connectivity index (χ1v) is 44.5. The molecular formula is C36H84Si8. The molecule has 2 aliphatic rings. The predicted molar refractivity (Wildman–Crippen MR) is 227 cm³/mol. The molecule has 44 heavy (non-hydrogen) atoms. The normalized spacial score (nSPS) is 28.9. The fraction of sp³-hybridized carbons (Fsp3) is 1.00. The molecule has 8 heteroatoms. The summed E-state index contributed by atoms with van der Waals surface area (Å²) in [7, 11) is -8.04. The minimum absolute atomic E-state index is 0.531. The molecule has 2 heterocycles. The molecule has 0 aromatic carbocycles. The molecule has 0 aliphatic carbocycles. The van der Waals surface area contributed by atoms with E-state index in [0.29, 0.717) is 0 Å². The van der Waals surface area contributed by atoms with Crippen LogP contribution < -0.4 is 0 Å². The second-order valence-electron chi connectivity index (χ2n) is 19.8. The minimum atomic E-state index is -1.79. The Morgan fingerprint density at radius 1 is 0.250 bits per heavy atom. The lowest BCUT2D eigenvalue weighted by atomic mass is 10.5. The highest BCUT2D eigenvalue weighted by atomic mass is 30.5. The SMILES string of the molecule is CC(C)[Si]1[Si](C(C)C)(C(C)C)[Si](C(C)C)(C(C)C)[Si@@]2(C(C)C)[Si](C(C)C)[Si](C(C)C)(C(C)C)[Si](C(C)C)(C(C)C)[Si@]12C(C)C. The highest BCUT2D eigenvalue weighted by Gasteiger charge is 2.99. The Kier molecular flexibility index (Phi) is 12.8. The first-order chi connectivity index (χ1) is 19.8. The van der Waals surface area contributed by atoms with Crippen LogP contribution in [0.5, 0.6) is 0 Å².